The largest absolute Gasteiger partial charge is 0.463 e. The van der Waals surface area contributed by atoms with E-state index in [1.807, 2.05) is 0 Å². The fourth-order valence-electron chi connectivity index (χ4n) is 3.65. The van der Waals surface area contributed by atoms with Crippen LogP contribution in [-0.4, -0.2) is 43.1 Å². The molecule has 28 heavy (non-hydrogen) atoms. The summed E-state index contributed by atoms with van der Waals surface area (Å²) in [6, 6.07) is 1.93. The van der Waals surface area contributed by atoms with Gasteiger partial charge in [-0.25, -0.2) is 18.4 Å². The molecule has 0 saturated carbocycles. The van der Waals surface area contributed by atoms with Gasteiger partial charge in [0.15, 0.2) is 11.6 Å². The second-order valence-electron chi connectivity index (χ2n) is 7.01. The molecule has 2 aliphatic rings. The van der Waals surface area contributed by atoms with Gasteiger partial charge in [-0.2, -0.15) is 0 Å². The molecule has 0 aromatic heterocycles. The zero-order chi connectivity index (χ0) is 20.1. The van der Waals surface area contributed by atoms with Gasteiger partial charge < -0.3 is 15.4 Å². The number of benzene rings is 1. The molecule has 0 aliphatic carbocycles. The highest BCUT2D eigenvalue weighted by atomic mass is 19.2. The quantitative estimate of drug-likeness (QED) is 0.755. The smallest absolute Gasteiger partial charge is 0.338 e. The van der Waals surface area contributed by atoms with E-state index >= 15 is 0 Å². The molecule has 1 aromatic rings. The molecule has 6 nitrogen and oxygen atoms in total. The third kappa shape index (κ3) is 4.67. The Hall–Kier alpha value is -2.48. The SMILES string of the molecule is CCOC(=O)C1=C(CN2CCCCCC2)NC(=O)N[C@H]1c1ccc(F)c(F)c1. The number of esters is 1. The van der Waals surface area contributed by atoms with Gasteiger partial charge in [0.1, 0.15) is 0 Å². The Morgan fingerprint density at radius 3 is 2.54 bits per heavy atom. The number of nitrogens with zero attached hydrogens (tertiary/aromatic N) is 1. The van der Waals surface area contributed by atoms with Crippen molar-refractivity contribution in [3.8, 4) is 0 Å². The van der Waals surface area contributed by atoms with Crippen molar-refractivity contribution in [3.05, 3.63) is 46.7 Å². The van der Waals surface area contributed by atoms with E-state index in [0.29, 0.717) is 12.2 Å². The van der Waals surface area contributed by atoms with E-state index < -0.39 is 29.7 Å². The van der Waals surface area contributed by atoms with Gasteiger partial charge in [0.25, 0.3) is 0 Å². The zero-order valence-electron chi connectivity index (χ0n) is 15.9. The predicted octanol–water partition coefficient (Wildman–Crippen LogP) is 3.01. The molecule has 1 saturated heterocycles. The number of hydrogen-bond donors (Lipinski definition) is 2. The van der Waals surface area contributed by atoms with Gasteiger partial charge in [-0.15, -0.1) is 0 Å². The van der Waals surface area contributed by atoms with Crippen LogP contribution in [0, 0.1) is 11.6 Å². The molecular weight excluding hydrogens is 368 g/mol. The van der Waals surface area contributed by atoms with E-state index in [4.69, 9.17) is 4.74 Å². The van der Waals surface area contributed by atoms with Crippen molar-refractivity contribution >= 4 is 12.0 Å². The van der Waals surface area contributed by atoms with Crippen LogP contribution < -0.4 is 10.6 Å². The Kier molecular flexibility index (Phi) is 6.61. The van der Waals surface area contributed by atoms with Gasteiger partial charge in [0, 0.05) is 12.2 Å². The molecule has 1 atom stereocenters. The summed E-state index contributed by atoms with van der Waals surface area (Å²) in [5, 5.41) is 5.35. The minimum Gasteiger partial charge on any atom is -0.463 e. The second kappa shape index (κ2) is 9.14. The Bertz CT molecular complexity index is 774. The van der Waals surface area contributed by atoms with Crippen LogP contribution in [-0.2, 0) is 9.53 Å². The van der Waals surface area contributed by atoms with Crippen molar-refractivity contribution in [1.29, 1.82) is 0 Å². The van der Waals surface area contributed by atoms with Crippen LogP contribution in [0.4, 0.5) is 13.6 Å². The maximum atomic E-state index is 13.8. The summed E-state index contributed by atoms with van der Waals surface area (Å²) in [5.41, 5.74) is 0.945. The fraction of sp³-hybridized carbons (Fsp3) is 0.500. The first-order chi connectivity index (χ1) is 13.5. The van der Waals surface area contributed by atoms with E-state index in [9.17, 15) is 18.4 Å². The van der Waals surface area contributed by atoms with Gasteiger partial charge >= 0.3 is 12.0 Å². The molecule has 1 aromatic carbocycles. The van der Waals surface area contributed by atoms with Crippen molar-refractivity contribution in [2.75, 3.05) is 26.2 Å². The number of carbonyl (C=O) groups excluding carboxylic acids is 2. The Labute approximate surface area is 162 Å². The highest BCUT2D eigenvalue weighted by Gasteiger charge is 2.34. The molecule has 152 valence electrons. The molecule has 3 rings (SSSR count). The molecule has 2 N–H and O–H groups in total. The maximum absolute atomic E-state index is 13.8. The van der Waals surface area contributed by atoms with Crippen molar-refractivity contribution < 1.29 is 23.1 Å². The third-order valence-electron chi connectivity index (χ3n) is 5.01. The van der Waals surface area contributed by atoms with Crippen molar-refractivity contribution in [2.45, 2.75) is 38.6 Å². The number of urea groups is 1. The van der Waals surface area contributed by atoms with Crippen LogP contribution in [0.3, 0.4) is 0 Å². The van der Waals surface area contributed by atoms with E-state index in [2.05, 4.69) is 15.5 Å². The minimum absolute atomic E-state index is 0.164. The van der Waals surface area contributed by atoms with Crippen LogP contribution in [0.15, 0.2) is 29.5 Å². The van der Waals surface area contributed by atoms with E-state index in [0.717, 1.165) is 50.9 Å². The molecular formula is C20H25F2N3O3. The predicted molar refractivity (Wildman–Crippen MR) is 99.3 cm³/mol. The van der Waals surface area contributed by atoms with Gasteiger partial charge in [-0.05, 0) is 50.6 Å². The standard InChI is InChI=1S/C20H25F2N3O3/c1-2-28-19(26)17-16(12-25-9-5-3-4-6-10-25)23-20(27)24-18(17)13-7-8-14(21)15(22)11-13/h7-8,11,18H,2-6,9-10,12H2,1H3,(H2,23,24,27)/t18-/m0/s1. The number of nitrogens with one attached hydrogen (secondary N) is 2. The zero-order valence-corrected chi connectivity index (χ0v) is 15.9. The molecule has 0 bridgehead atoms. The van der Waals surface area contributed by atoms with Gasteiger partial charge in [0.2, 0.25) is 0 Å². The number of likely N-dealkylation sites (tertiary alicyclic amines) is 1. The molecule has 2 heterocycles. The number of halogens is 2. The lowest BCUT2D eigenvalue weighted by atomic mass is 9.94. The summed E-state index contributed by atoms with van der Waals surface area (Å²) in [6.45, 7) is 3.99. The Morgan fingerprint density at radius 1 is 1.18 bits per heavy atom. The molecule has 0 radical (unpaired) electrons. The molecule has 0 spiro atoms. The summed E-state index contributed by atoms with van der Waals surface area (Å²) in [7, 11) is 0. The van der Waals surface area contributed by atoms with E-state index in [1.54, 1.807) is 6.92 Å². The maximum Gasteiger partial charge on any atom is 0.338 e. The lowest BCUT2D eigenvalue weighted by Gasteiger charge is -2.32. The van der Waals surface area contributed by atoms with Crippen LogP contribution in [0.2, 0.25) is 0 Å². The van der Waals surface area contributed by atoms with Gasteiger partial charge in [-0.3, -0.25) is 4.90 Å². The average molecular weight is 393 g/mol. The highest BCUT2D eigenvalue weighted by molar-refractivity contribution is 5.95. The number of carbonyl (C=O) groups is 2. The normalized spacial score (nSPS) is 21.0. The first-order valence-electron chi connectivity index (χ1n) is 9.64. The van der Waals surface area contributed by atoms with Crippen molar-refractivity contribution in [2.24, 2.45) is 0 Å². The second-order valence-corrected chi connectivity index (χ2v) is 7.01. The summed E-state index contributed by atoms with van der Waals surface area (Å²) < 4.78 is 32.3. The Morgan fingerprint density at radius 2 is 1.89 bits per heavy atom. The van der Waals surface area contributed by atoms with Crippen molar-refractivity contribution in [3.63, 3.8) is 0 Å². The lowest BCUT2D eigenvalue weighted by Crippen LogP contribution is -2.48. The first-order valence-corrected chi connectivity index (χ1v) is 9.64. The molecule has 0 unspecified atom stereocenters. The van der Waals surface area contributed by atoms with E-state index in [-0.39, 0.29) is 17.7 Å². The summed E-state index contributed by atoms with van der Waals surface area (Å²) >= 11 is 0. The third-order valence-corrected chi connectivity index (χ3v) is 5.01. The number of hydrogen-bond acceptors (Lipinski definition) is 4. The molecule has 1 fully saturated rings. The molecule has 2 amide bonds. The van der Waals surface area contributed by atoms with Crippen LogP contribution in [0.5, 0.6) is 0 Å². The lowest BCUT2D eigenvalue weighted by molar-refractivity contribution is -0.139. The fourth-order valence-corrected chi connectivity index (χ4v) is 3.65. The van der Waals surface area contributed by atoms with Gasteiger partial charge in [0.05, 0.1) is 18.2 Å². The molecule has 8 heteroatoms. The average Bonchev–Trinajstić information content (AvgIpc) is 2.92. The highest BCUT2D eigenvalue weighted by Crippen LogP contribution is 2.29. The topological polar surface area (TPSA) is 70.7 Å². The summed E-state index contributed by atoms with van der Waals surface area (Å²) in [5.74, 6) is -2.62. The molecule has 2 aliphatic heterocycles. The first kappa shape index (κ1) is 20.3. The number of rotatable bonds is 5. The van der Waals surface area contributed by atoms with Gasteiger partial charge in [-0.1, -0.05) is 18.9 Å². The van der Waals surface area contributed by atoms with Crippen LogP contribution >= 0.6 is 0 Å². The van der Waals surface area contributed by atoms with Crippen LogP contribution in [0.25, 0.3) is 0 Å². The summed E-state index contributed by atoms with van der Waals surface area (Å²) in [4.78, 5) is 27.1. The summed E-state index contributed by atoms with van der Waals surface area (Å²) in [6.07, 6.45) is 4.43. The number of ether oxygens (including phenoxy) is 1. The van der Waals surface area contributed by atoms with Crippen molar-refractivity contribution in [1.82, 2.24) is 15.5 Å². The van der Waals surface area contributed by atoms with E-state index in [1.165, 1.54) is 6.07 Å². The number of amides is 2. The Balaban J connectivity index is 1.99. The monoisotopic (exact) mass is 393 g/mol. The van der Waals surface area contributed by atoms with Crippen LogP contribution in [0.1, 0.15) is 44.2 Å². The minimum atomic E-state index is -1.04.